The van der Waals surface area contributed by atoms with E-state index in [-0.39, 0.29) is 36.0 Å². The third-order valence-electron chi connectivity index (χ3n) is 5.42. The van der Waals surface area contributed by atoms with Crippen LogP contribution in [-0.2, 0) is 17.8 Å². The molecule has 150 valence electrons. The Hall–Kier alpha value is -2.52. The molecule has 2 aliphatic heterocycles. The molecular formula is C19H21F2N3O4. The molecule has 0 radical (unpaired) electrons. The molecule has 0 amide bonds. The average molecular weight is 393 g/mol. The number of fused-ring (bicyclic) bond motifs is 1. The number of nitrogens with zero attached hydrogens (tertiary/aromatic N) is 1. The number of aliphatic hydroxyl groups is 1. The normalized spacial score (nSPS) is 22.5. The SMILES string of the molecule is O=c1[nH]c2c(c(=O)n1C1CCOCC1)C[C@@H](F)[C@H](c1cc(CO)ccc1F)N2. The molecule has 2 aliphatic rings. The van der Waals surface area contributed by atoms with Gasteiger partial charge in [0.25, 0.3) is 5.56 Å². The van der Waals surface area contributed by atoms with Gasteiger partial charge in [-0.2, -0.15) is 0 Å². The number of H-pyrrole nitrogens is 1. The molecule has 1 fully saturated rings. The Morgan fingerprint density at radius 3 is 2.71 bits per heavy atom. The highest BCUT2D eigenvalue weighted by Crippen LogP contribution is 2.33. The number of nitrogens with one attached hydrogen (secondary N) is 2. The van der Waals surface area contributed by atoms with E-state index in [1.165, 1.54) is 12.1 Å². The molecule has 7 nitrogen and oxygen atoms in total. The smallest absolute Gasteiger partial charge is 0.330 e. The molecule has 0 bridgehead atoms. The van der Waals surface area contributed by atoms with E-state index in [9.17, 15) is 23.5 Å². The number of ether oxygens (including phenoxy) is 1. The lowest BCUT2D eigenvalue weighted by molar-refractivity contribution is 0.0673. The van der Waals surface area contributed by atoms with Gasteiger partial charge in [0.1, 0.15) is 17.8 Å². The monoisotopic (exact) mass is 393 g/mol. The van der Waals surface area contributed by atoms with E-state index in [1.54, 1.807) is 0 Å². The summed E-state index contributed by atoms with van der Waals surface area (Å²) in [6.45, 7) is 0.612. The van der Waals surface area contributed by atoms with Crippen molar-refractivity contribution >= 4 is 5.82 Å². The van der Waals surface area contributed by atoms with E-state index in [0.717, 1.165) is 10.6 Å². The largest absolute Gasteiger partial charge is 0.392 e. The summed E-state index contributed by atoms with van der Waals surface area (Å²) < 4.78 is 35.6. The predicted octanol–water partition coefficient (Wildman–Crippen LogP) is 1.57. The summed E-state index contributed by atoms with van der Waals surface area (Å²) in [6.07, 6.45) is -0.738. The summed E-state index contributed by atoms with van der Waals surface area (Å²) >= 11 is 0. The lowest BCUT2D eigenvalue weighted by Crippen LogP contribution is -2.45. The molecule has 4 rings (SSSR count). The second-order valence-corrected chi connectivity index (χ2v) is 7.16. The Morgan fingerprint density at radius 1 is 1.25 bits per heavy atom. The van der Waals surface area contributed by atoms with Gasteiger partial charge < -0.3 is 15.2 Å². The Morgan fingerprint density at radius 2 is 2.00 bits per heavy atom. The predicted molar refractivity (Wildman–Crippen MR) is 97.7 cm³/mol. The first-order valence-electron chi connectivity index (χ1n) is 9.25. The Kier molecular flexibility index (Phi) is 5.03. The molecule has 1 aromatic heterocycles. The van der Waals surface area contributed by atoms with Crippen molar-refractivity contribution in [2.24, 2.45) is 0 Å². The van der Waals surface area contributed by atoms with Crippen molar-refractivity contribution < 1.29 is 18.6 Å². The highest BCUT2D eigenvalue weighted by Gasteiger charge is 2.35. The van der Waals surface area contributed by atoms with Crippen molar-refractivity contribution in [1.82, 2.24) is 9.55 Å². The van der Waals surface area contributed by atoms with Crippen LogP contribution in [-0.4, -0.2) is 34.0 Å². The van der Waals surface area contributed by atoms with Crippen molar-refractivity contribution in [3.8, 4) is 0 Å². The topological polar surface area (TPSA) is 96.4 Å². The average Bonchev–Trinajstić information content (AvgIpc) is 2.70. The van der Waals surface area contributed by atoms with E-state index in [2.05, 4.69) is 10.3 Å². The number of aromatic amines is 1. The molecule has 0 aliphatic carbocycles. The number of halogens is 2. The van der Waals surface area contributed by atoms with E-state index in [1.807, 2.05) is 0 Å². The third kappa shape index (κ3) is 3.24. The fourth-order valence-corrected chi connectivity index (χ4v) is 3.94. The number of hydrogen-bond acceptors (Lipinski definition) is 5. The van der Waals surface area contributed by atoms with Crippen LogP contribution in [0.15, 0.2) is 27.8 Å². The maximum Gasteiger partial charge on any atom is 0.330 e. The molecule has 1 aromatic carbocycles. The summed E-state index contributed by atoms with van der Waals surface area (Å²) in [4.78, 5) is 28.0. The van der Waals surface area contributed by atoms with Crippen LogP contribution in [0.5, 0.6) is 0 Å². The van der Waals surface area contributed by atoms with Gasteiger partial charge in [-0.05, 0) is 30.5 Å². The zero-order chi connectivity index (χ0) is 19.8. The van der Waals surface area contributed by atoms with Gasteiger partial charge in [0.2, 0.25) is 0 Å². The number of benzene rings is 1. The first-order chi connectivity index (χ1) is 13.5. The van der Waals surface area contributed by atoms with Gasteiger partial charge in [0, 0.05) is 31.2 Å². The summed E-state index contributed by atoms with van der Waals surface area (Å²) in [6, 6.07) is 2.60. The van der Waals surface area contributed by atoms with Crippen LogP contribution in [0.1, 0.15) is 41.6 Å². The number of rotatable bonds is 3. The van der Waals surface area contributed by atoms with E-state index in [0.29, 0.717) is 31.6 Å². The number of hydrogen-bond donors (Lipinski definition) is 3. The highest BCUT2D eigenvalue weighted by molar-refractivity contribution is 5.49. The fourth-order valence-electron chi connectivity index (χ4n) is 3.94. The van der Waals surface area contributed by atoms with E-state index < -0.39 is 29.3 Å². The van der Waals surface area contributed by atoms with Gasteiger partial charge in [-0.1, -0.05) is 6.07 Å². The van der Waals surface area contributed by atoms with Crippen LogP contribution in [0.3, 0.4) is 0 Å². The van der Waals surface area contributed by atoms with Gasteiger partial charge in [0.05, 0.1) is 18.2 Å². The van der Waals surface area contributed by atoms with Crippen LogP contribution in [0.2, 0.25) is 0 Å². The molecule has 28 heavy (non-hydrogen) atoms. The fraction of sp³-hybridized carbons (Fsp3) is 0.474. The Labute approximate surface area is 159 Å². The van der Waals surface area contributed by atoms with Crippen LogP contribution >= 0.6 is 0 Å². The second-order valence-electron chi connectivity index (χ2n) is 7.16. The summed E-state index contributed by atoms with van der Waals surface area (Å²) in [7, 11) is 0. The van der Waals surface area contributed by atoms with Gasteiger partial charge >= 0.3 is 5.69 Å². The van der Waals surface area contributed by atoms with Gasteiger partial charge in [0.15, 0.2) is 0 Å². The molecular weight excluding hydrogens is 372 g/mol. The first-order valence-corrected chi connectivity index (χ1v) is 9.25. The van der Waals surface area contributed by atoms with Crippen molar-refractivity contribution in [3.05, 3.63) is 61.5 Å². The zero-order valence-corrected chi connectivity index (χ0v) is 15.1. The van der Waals surface area contributed by atoms with Gasteiger partial charge in [-0.25, -0.2) is 13.6 Å². The maximum absolute atomic E-state index is 14.9. The molecule has 2 aromatic rings. The van der Waals surface area contributed by atoms with Crippen LogP contribution < -0.4 is 16.6 Å². The van der Waals surface area contributed by atoms with Crippen molar-refractivity contribution in [2.75, 3.05) is 18.5 Å². The van der Waals surface area contributed by atoms with Crippen molar-refractivity contribution in [2.45, 2.75) is 44.1 Å². The lowest BCUT2D eigenvalue weighted by Gasteiger charge is -2.31. The Balaban J connectivity index is 1.73. The molecule has 0 unspecified atom stereocenters. The third-order valence-corrected chi connectivity index (χ3v) is 5.42. The maximum atomic E-state index is 14.9. The molecule has 0 saturated carbocycles. The number of alkyl halides is 1. The summed E-state index contributed by atoms with van der Waals surface area (Å²) in [5.74, 6) is -0.510. The molecule has 3 heterocycles. The van der Waals surface area contributed by atoms with Crippen LogP contribution in [0.25, 0.3) is 0 Å². The van der Waals surface area contributed by atoms with Crippen LogP contribution in [0, 0.1) is 5.82 Å². The molecule has 3 N–H and O–H groups in total. The number of aliphatic hydroxyl groups excluding tert-OH is 1. The molecule has 0 spiro atoms. The van der Waals surface area contributed by atoms with E-state index in [4.69, 9.17) is 4.74 Å². The summed E-state index contributed by atoms with van der Waals surface area (Å²) in [5, 5.41) is 12.0. The molecule has 9 heteroatoms. The van der Waals surface area contributed by atoms with Crippen molar-refractivity contribution in [3.63, 3.8) is 0 Å². The minimum atomic E-state index is -1.57. The first kappa shape index (κ1) is 18.8. The molecule has 1 saturated heterocycles. The lowest BCUT2D eigenvalue weighted by atomic mass is 9.92. The zero-order valence-electron chi connectivity index (χ0n) is 15.1. The highest BCUT2D eigenvalue weighted by atomic mass is 19.1. The van der Waals surface area contributed by atoms with E-state index >= 15 is 0 Å². The quantitative estimate of drug-likeness (QED) is 0.736. The second kappa shape index (κ2) is 7.48. The summed E-state index contributed by atoms with van der Waals surface area (Å²) in [5.41, 5.74) is -0.472. The number of anilines is 1. The minimum absolute atomic E-state index is 0.0409. The minimum Gasteiger partial charge on any atom is -0.392 e. The van der Waals surface area contributed by atoms with Gasteiger partial charge in [-0.15, -0.1) is 0 Å². The van der Waals surface area contributed by atoms with Gasteiger partial charge in [-0.3, -0.25) is 14.3 Å². The Bertz CT molecular complexity index is 998. The number of aromatic nitrogens is 2. The standard InChI is InChI=1S/C19H21F2N3O4/c20-14-2-1-10(9-25)7-12(14)16-15(21)8-13-17(22-16)23-19(27)24(18(13)26)11-3-5-28-6-4-11/h1-2,7,11,15-16,22,25H,3-6,8-9H2,(H,23,27)/t15-,16+/m1/s1. The van der Waals surface area contributed by atoms with Crippen molar-refractivity contribution in [1.29, 1.82) is 0 Å². The van der Waals surface area contributed by atoms with Crippen LogP contribution in [0.4, 0.5) is 14.6 Å². The molecule has 2 atom stereocenters.